The van der Waals surface area contributed by atoms with E-state index in [0.717, 1.165) is 0 Å². The van der Waals surface area contributed by atoms with Crippen LogP contribution in [-0.4, -0.2) is 11.0 Å². The van der Waals surface area contributed by atoms with Gasteiger partial charge in [-0.1, -0.05) is 13.8 Å². The van der Waals surface area contributed by atoms with Crippen LogP contribution in [-0.2, 0) is 0 Å². The van der Waals surface area contributed by atoms with Gasteiger partial charge in [-0.2, -0.15) is 0 Å². The highest BCUT2D eigenvalue weighted by atomic mass is 19.1. The van der Waals surface area contributed by atoms with Crippen molar-refractivity contribution in [1.29, 1.82) is 0 Å². The predicted molar refractivity (Wildman–Crippen MR) is 48.7 cm³/mol. The molecule has 0 unspecified atom stereocenters. The minimum atomic E-state index is -0.242. The van der Waals surface area contributed by atoms with E-state index in [9.17, 15) is 4.39 Å². The second kappa shape index (κ2) is 2.51. The fraction of sp³-hybridized carbons (Fsp3) is 0.500. The van der Waals surface area contributed by atoms with Crippen molar-refractivity contribution in [3.05, 3.63) is 29.8 Å². The van der Waals surface area contributed by atoms with Crippen LogP contribution in [0, 0.1) is 11.2 Å². The molecule has 0 bridgehead atoms. The molecule has 0 saturated heterocycles. The van der Waals surface area contributed by atoms with Crippen molar-refractivity contribution in [2.24, 2.45) is 11.1 Å². The number of hydrogen-bond acceptors (Lipinski definition) is 2. The van der Waals surface area contributed by atoms with Gasteiger partial charge in [0, 0.05) is 18.2 Å². The molecule has 0 spiro atoms. The molecule has 1 aliphatic carbocycles. The van der Waals surface area contributed by atoms with Crippen molar-refractivity contribution in [2.45, 2.75) is 25.8 Å². The van der Waals surface area contributed by atoms with Gasteiger partial charge in [0.2, 0.25) is 0 Å². The maximum absolute atomic E-state index is 13.3. The largest absolute Gasteiger partial charge is 0.327 e. The van der Waals surface area contributed by atoms with Gasteiger partial charge >= 0.3 is 0 Å². The molecule has 2 atom stereocenters. The Balaban J connectivity index is 2.34. The van der Waals surface area contributed by atoms with E-state index in [-0.39, 0.29) is 23.2 Å². The van der Waals surface area contributed by atoms with Crippen LogP contribution in [0.4, 0.5) is 4.39 Å². The zero-order valence-electron chi connectivity index (χ0n) is 7.79. The monoisotopic (exact) mass is 180 g/mol. The molecule has 3 heteroatoms. The van der Waals surface area contributed by atoms with Crippen molar-refractivity contribution >= 4 is 0 Å². The molecule has 1 fully saturated rings. The van der Waals surface area contributed by atoms with Gasteiger partial charge < -0.3 is 5.73 Å². The number of rotatable bonds is 1. The van der Waals surface area contributed by atoms with E-state index < -0.39 is 0 Å². The molecule has 1 aromatic heterocycles. The van der Waals surface area contributed by atoms with E-state index in [1.807, 2.05) is 0 Å². The number of hydrogen-bond donors (Lipinski definition) is 1. The number of halogens is 1. The topological polar surface area (TPSA) is 38.9 Å². The van der Waals surface area contributed by atoms with Crippen LogP contribution in [0.5, 0.6) is 0 Å². The Labute approximate surface area is 77.0 Å². The second-order valence-electron chi connectivity index (χ2n) is 4.22. The smallest absolute Gasteiger partial charge is 0.145 e. The van der Waals surface area contributed by atoms with Gasteiger partial charge in [-0.05, 0) is 17.0 Å². The average Bonchev–Trinajstić information content (AvgIpc) is 2.54. The van der Waals surface area contributed by atoms with E-state index in [2.05, 4.69) is 18.8 Å². The highest BCUT2D eigenvalue weighted by Gasteiger charge is 2.56. The van der Waals surface area contributed by atoms with Crippen LogP contribution >= 0.6 is 0 Å². The van der Waals surface area contributed by atoms with E-state index >= 15 is 0 Å². The Morgan fingerprint density at radius 2 is 2.15 bits per heavy atom. The van der Waals surface area contributed by atoms with Crippen LogP contribution in [0.25, 0.3) is 0 Å². The third-order valence-corrected chi connectivity index (χ3v) is 3.05. The summed E-state index contributed by atoms with van der Waals surface area (Å²) in [5.41, 5.74) is 6.59. The third kappa shape index (κ3) is 1.15. The zero-order valence-corrected chi connectivity index (χ0v) is 7.79. The minimum absolute atomic E-state index is 0.0300. The lowest BCUT2D eigenvalue weighted by atomic mass is 10.0. The highest BCUT2D eigenvalue weighted by Crippen LogP contribution is 2.57. The predicted octanol–water partition coefficient (Wildman–Crippen LogP) is 1.67. The summed E-state index contributed by atoms with van der Waals surface area (Å²) in [6, 6.07) is 1.79. The summed E-state index contributed by atoms with van der Waals surface area (Å²) < 4.78 is 13.3. The SMILES string of the molecule is CC1(C)[C@@H](N)[C@@H]1c1ccncc1F. The number of pyridine rings is 1. The quantitative estimate of drug-likeness (QED) is 0.714. The lowest BCUT2D eigenvalue weighted by Crippen LogP contribution is -2.06. The first kappa shape index (κ1) is 8.63. The fourth-order valence-corrected chi connectivity index (χ4v) is 1.91. The van der Waals surface area contributed by atoms with Crippen molar-refractivity contribution < 1.29 is 4.39 Å². The summed E-state index contributed by atoms with van der Waals surface area (Å²) in [4.78, 5) is 3.71. The summed E-state index contributed by atoms with van der Waals surface area (Å²) in [7, 11) is 0. The molecule has 0 aromatic carbocycles. The van der Waals surface area contributed by atoms with Gasteiger partial charge in [0.05, 0.1) is 6.20 Å². The Kier molecular flexibility index (Phi) is 1.67. The highest BCUT2D eigenvalue weighted by molar-refractivity contribution is 5.33. The summed E-state index contributed by atoms with van der Waals surface area (Å²) in [5, 5.41) is 0. The van der Waals surface area contributed by atoms with Gasteiger partial charge in [0.25, 0.3) is 0 Å². The summed E-state index contributed by atoms with van der Waals surface area (Å²) in [6.45, 7) is 4.12. The lowest BCUT2D eigenvalue weighted by molar-refractivity contribution is 0.568. The van der Waals surface area contributed by atoms with Crippen LogP contribution in [0.1, 0.15) is 25.3 Å². The molecule has 2 N–H and O–H groups in total. The van der Waals surface area contributed by atoms with Crippen LogP contribution in [0.2, 0.25) is 0 Å². The molecule has 0 amide bonds. The number of aromatic nitrogens is 1. The first-order valence-corrected chi connectivity index (χ1v) is 4.40. The minimum Gasteiger partial charge on any atom is -0.327 e. The lowest BCUT2D eigenvalue weighted by Gasteiger charge is -2.02. The first-order valence-electron chi connectivity index (χ1n) is 4.40. The molecule has 1 heterocycles. The maximum atomic E-state index is 13.3. The molecule has 70 valence electrons. The van der Waals surface area contributed by atoms with Crippen LogP contribution in [0.15, 0.2) is 18.5 Å². The van der Waals surface area contributed by atoms with Gasteiger partial charge in [-0.15, -0.1) is 0 Å². The molecule has 2 rings (SSSR count). The molecule has 13 heavy (non-hydrogen) atoms. The summed E-state index contributed by atoms with van der Waals surface area (Å²) >= 11 is 0. The van der Waals surface area contributed by atoms with Gasteiger partial charge in [-0.25, -0.2) is 4.39 Å². The maximum Gasteiger partial charge on any atom is 0.145 e. The van der Waals surface area contributed by atoms with Gasteiger partial charge in [0.1, 0.15) is 5.82 Å². The van der Waals surface area contributed by atoms with E-state index in [0.29, 0.717) is 5.56 Å². The first-order chi connectivity index (χ1) is 6.05. The van der Waals surface area contributed by atoms with Gasteiger partial charge in [0.15, 0.2) is 0 Å². The molecule has 0 aliphatic heterocycles. The summed E-state index contributed by atoms with van der Waals surface area (Å²) in [5.74, 6) is -0.0935. The molecule has 0 radical (unpaired) electrons. The zero-order chi connectivity index (χ0) is 9.64. The van der Waals surface area contributed by atoms with E-state index in [1.54, 1.807) is 12.3 Å². The molecule has 1 aliphatic rings. The Hall–Kier alpha value is -0.960. The van der Waals surface area contributed by atoms with Crippen molar-refractivity contribution in [3.8, 4) is 0 Å². The standard InChI is InChI=1S/C10H13FN2/c1-10(2)8(9(10)12)6-3-4-13-5-7(6)11/h3-5,8-9H,12H2,1-2H3/t8-,9-/m0/s1. The Bertz CT molecular complexity index is 335. The van der Waals surface area contributed by atoms with E-state index in [4.69, 9.17) is 5.73 Å². The van der Waals surface area contributed by atoms with Crippen LogP contribution in [0.3, 0.4) is 0 Å². The molecular weight excluding hydrogens is 167 g/mol. The Morgan fingerprint density at radius 1 is 1.54 bits per heavy atom. The van der Waals surface area contributed by atoms with Crippen molar-refractivity contribution in [3.63, 3.8) is 0 Å². The van der Waals surface area contributed by atoms with E-state index in [1.165, 1.54) is 6.20 Å². The molecule has 2 nitrogen and oxygen atoms in total. The number of nitrogens with two attached hydrogens (primary N) is 1. The normalized spacial score (nSPS) is 30.2. The van der Waals surface area contributed by atoms with Crippen molar-refractivity contribution in [1.82, 2.24) is 4.98 Å². The second-order valence-corrected chi connectivity index (χ2v) is 4.22. The fourth-order valence-electron chi connectivity index (χ4n) is 1.91. The third-order valence-electron chi connectivity index (χ3n) is 3.05. The Morgan fingerprint density at radius 3 is 2.62 bits per heavy atom. The van der Waals surface area contributed by atoms with Crippen molar-refractivity contribution in [2.75, 3.05) is 0 Å². The molecule has 1 aromatic rings. The molecule has 1 saturated carbocycles. The summed E-state index contributed by atoms with van der Waals surface area (Å²) in [6.07, 6.45) is 2.86. The number of nitrogens with zero attached hydrogens (tertiary/aromatic N) is 1. The molecular formula is C10H13FN2. The van der Waals surface area contributed by atoms with Crippen LogP contribution < -0.4 is 5.73 Å². The van der Waals surface area contributed by atoms with Gasteiger partial charge in [-0.3, -0.25) is 4.98 Å². The average molecular weight is 180 g/mol.